The monoisotopic (exact) mass is 389 g/mol. The highest BCUT2D eigenvalue weighted by Gasteiger charge is 2.57. The summed E-state index contributed by atoms with van der Waals surface area (Å²) < 4.78 is 0. The van der Waals surface area contributed by atoms with Gasteiger partial charge in [0.05, 0.1) is 12.0 Å². The number of hydrogen-bond acceptors (Lipinski definition) is 3. The lowest BCUT2D eigenvalue weighted by Gasteiger charge is -2.54. The van der Waals surface area contributed by atoms with Crippen molar-refractivity contribution in [1.29, 1.82) is 0 Å². The fourth-order valence-corrected chi connectivity index (χ4v) is 6.18. The molecule has 4 nitrogen and oxygen atoms in total. The number of nitrogens with zero attached hydrogens (tertiary/aromatic N) is 1. The minimum Gasteiger partial charge on any atom is -0.508 e. The normalized spacial score (nSPS) is 31.1. The standard InChI is InChI=1S/C25H27NO3/c1-25-12-11-20-19-10-8-18(27)13-17(19)7-9-21(20)22(25)14-23(28)26(24(25)29)15-16-5-3-2-4-6-16/h2-6,8,10,13,20-22,27H,7,9,11-12,14-15H2,1H3/t20?,21?,22?,25-/m0/s1. The highest BCUT2D eigenvalue weighted by Crippen LogP contribution is 2.58. The molecule has 150 valence electrons. The Morgan fingerprint density at radius 2 is 1.90 bits per heavy atom. The average molecular weight is 389 g/mol. The number of piperidine rings is 1. The molecule has 1 saturated carbocycles. The van der Waals surface area contributed by atoms with E-state index in [-0.39, 0.29) is 17.7 Å². The van der Waals surface area contributed by atoms with E-state index in [2.05, 4.69) is 13.0 Å². The van der Waals surface area contributed by atoms with Crippen molar-refractivity contribution >= 4 is 11.8 Å². The third kappa shape index (κ3) is 2.88. The van der Waals surface area contributed by atoms with Gasteiger partial charge in [0.2, 0.25) is 11.8 Å². The SMILES string of the molecule is C[C@]12CCC3c4ccc(O)cc4CCC3C1CC(=O)N(Cc1ccccc1)C2=O. The Labute approximate surface area is 171 Å². The van der Waals surface area contributed by atoms with Crippen molar-refractivity contribution in [3.63, 3.8) is 0 Å². The number of amides is 2. The predicted octanol–water partition coefficient (Wildman–Crippen LogP) is 4.41. The average Bonchev–Trinajstić information content (AvgIpc) is 2.72. The first-order valence-corrected chi connectivity index (χ1v) is 10.7. The van der Waals surface area contributed by atoms with Gasteiger partial charge in [-0.05, 0) is 72.3 Å². The summed E-state index contributed by atoms with van der Waals surface area (Å²) in [7, 11) is 0. The fraction of sp³-hybridized carbons (Fsp3) is 0.440. The van der Waals surface area contributed by atoms with Crippen molar-refractivity contribution in [1.82, 2.24) is 4.90 Å². The number of carbonyl (C=O) groups is 2. The molecule has 0 aromatic heterocycles. The van der Waals surface area contributed by atoms with E-state index in [0.29, 0.717) is 30.6 Å². The molecule has 0 bridgehead atoms. The van der Waals surface area contributed by atoms with E-state index in [1.54, 1.807) is 6.07 Å². The smallest absolute Gasteiger partial charge is 0.235 e. The minimum absolute atomic E-state index is 0.0116. The molecule has 2 aliphatic carbocycles. The van der Waals surface area contributed by atoms with Crippen LogP contribution in [0.1, 0.15) is 55.2 Å². The third-order valence-electron chi connectivity index (χ3n) is 7.71. The first-order chi connectivity index (χ1) is 14.0. The Kier molecular flexibility index (Phi) is 4.27. The zero-order valence-electron chi connectivity index (χ0n) is 16.8. The molecule has 1 heterocycles. The van der Waals surface area contributed by atoms with Gasteiger partial charge < -0.3 is 5.11 Å². The summed E-state index contributed by atoms with van der Waals surface area (Å²) in [5, 5.41) is 9.84. The molecular formula is C25H27NO3. The number of benzene rings is 2. The molecule has 1 aliphatic heterocycles. The molecule has 1 N–H and O–H groups in total. The Balaban J connectivity index is 1.44. The van der Waals surface area contributed by atoms with Gasteiger partial charge >= 0.3 is 0 Å². The van der Waals surface area contributed by atoms with Crippen LogP contribution in [0.4, 0.5) is 0 Å². The molecule has 5 rings (SSSR count). The van der Waals surface area contributed by atoms with E-state index in [1.807, 2.05) is 36.4 Å². The molecule has 2 aromatic carbocycles. The lowest BCUT2D eigenvalue weighted by atomic mass is 9.52. The van der Waals surface area contributed by atoms with Crippen LogP contribution in [-0.4, -0.2) is 21.8 Å². The maximum absolute atomic E-state index is 13.5. The van der Waals surface area contributed by atoms with E-state index < -0.39 is 5.41 Å². The van der Waals surface area contributed by atoms with Gasteiger partial charge in [-0.1, -0.05) is 43.3 Å². The van der Waals surface area contributed by atoms with Crippen LogP contribution in [0.5, 0.6) is 5.75 Å². The van der Waals surface area contributed by atoms with Crippen LogP contribution in [0.3, 0.4) is 0 Å². The first kappa shape index (κ1) is 18.4. The van der Waals surface area contributed by atoms with Crippen molar-refractivity contribution in [3.05, 3.63) is 65.2 Å². The Hall–Kier alpha value is -2.62. The number of aromatic hydroxyl groups is 1. The van der Waals surface area contributed by atoms with Gasteiger partial charge in [0.15, 0.2) is 0 Å². The molecule has 4 heteroatoms. The lowest BCUT2D eigenvalue weighted by molar-refractivity contribution is -0.168. The van der Waals surface area contributed by atoms with Gasteiger partial charge in [0, 0.05) is 6.42 Å². The van der Waals surface area contributed by atoms with E-state index in [1.165, 1.54) is 16.0 Å². The van der Waals surface area contributed by atoms with Gasteiger partial charge in [0.1, 0.15) is 5.75 Å². The molecule has 3 unspecified atom stereocenters. The van der Waals surface area contributed by atoms with Gasteiger partial charge in [-0.3, -0.25) is 14.5 Å². The second-order valence-corrected chi connectivity index (χ2v) is 9.23. The van der Waals surface area contributed by atoms with Crippen LogP contribution in [0.15, 0.2) is 48.5 Å². The van der Waals surface area contributed by atoms with Crippen LogP contribution in [0, 0.1) is 17.3 Å². The summed E-state index contributed by atoms with van der Waals surface area (Å²) >= 11 is 0. The zero-order valence-corrected chi connectivity index (χ0v) is 16.8. The Morgan fingerprint density at radius 3 is 2.69 bits per heavy atom. The van der Waals surface area contributed by atoms with E-state index in [4.69, 9.17) is 0 Å². The number of likely N-dealkylation sites (tertiary alicyclic amines) is 1. The number of phenols is 1. The van der Waals surface area contributed by atoms with Crippen molar-refractivity contribution in [2.45, 2.75) is 51.5 Å². The summed E-state index contributed by atoms with van der Waals surface area (Å²) in [6.45, 7) is 2.46. The summed E-state index contributed by atoms with van der Waals surface area (Å²) in [5.74, 6) is 1.16. The maximum Gasteiger partial charge on any atom is 0.235 e. The molecule has 1 saturated heterocycles. The van der Waals surface area contributed by atoms with Crippen LogP contribution in [-0.2, 0) is 22.6 Å². The summed E-state index contributed by atoms with van der Waals surface area (Å²) in [5.41, 5.74) is 3.08. The summed E-state index contributed by atoms with van der Waals surface area (Å²) in [6, 6.07) is 15.5. The largest absolute Gasteiger partial charge is 0.508 e. The second-order valence-electron chi connectivity index (χ2n) is 9.23. The second kappa shape index (κ2) is 6.72. The Morgan fingerprint density at radius 1 is 1.10 bits per heavy atom. The highest BCUT2D eigenvalue weighted by molar-refractivity contribution is 6.01. The van der Waals surface area contributed by atoms with Crippen LogP contribution >= 0.6 is 0 Å². The number of carbonyl (C=O) groups excluding carboxylic acids is 2. The van der Waals surface area contributed by atoms with Crippen LogP contribution in [0.25, 0.3) is 0 Å². The number of imide groups is 1. The summed E-state index contributed by atoms with van der Waals surface area (Å²) in [4.78, 5) is 28.1. The van der Waals surface area contributed by atoms with Gasteiger partial charge in [-0.2, -0.15) is 0 Å². The number of fused-ring (bicyclic) bond motifs is 5. The topological polar surface area (TPSA) is 57.6 Å². The van der Waals surface area contributed by atoms with Gasteiger partial charge in [0.25, 0.3) is 0 Å². The van der Waals surface area contributed by atoms with Crippen molar-refractivity contribution in [2.24, 2.45) is 17.3 Å². The zero-order chi connectivity index (χ0) is 20.2. The highest BCUT2D eigenvalue weighted by atomic mass is 16.3. The van der Waals surface area contributed by atoms with Crippen molar-refractivity contribution < 1.29 is 14.7 Å². The quantitative estimate of drug-likeness (QED) is 0.774. The molecule has 2 aromatic rings. The molecule has 4 atom stereocenters. The van der Waals surface area contributed by atoms with E-state index in [9.17, 15) is 14.7 Å². The number of phenolic OH excluding ortho intramolecular Hbond substituents is 1. The molecule has 2 fully saturated rings. The number of rotatable bonds is 2. The number of aryl methyl sites for hydroxylation is 1. The van der Waals surface area contributed by atoms with Gasteiger partial charge in [-0.25, -0.2) is 0 Å². The molecule has 0 spiro atoms. The summed E-state index contributed by atoms with van der Waals surface area (Å²) in [6.07, 6.45) is 4.14. The molecular weight excluding hydrogens is 362 g/mol. The van der Waals surface area contributed by atoms with E-state index >= 15 is 0 Å². The lowest BCUT2D eigenvalue weighted by Crippen LogP contribution is -2.58. The van der Waals surface area contributed by atoms with Crippen molar-refractivity contribution in [3.8, 4) is 5.75 Å². The van der Waals surface area contributed by atoms with Crippen LogP contribution < -0.4 is 0 Å². The fourth-order valence-electron chi connectivity index (χ4n) is 6.18. The van der Waals surface area contributed by atoms with Crippen LogP contribution in [0.2, 0.25) is 0 Å². The first-order valence-electron chi connectivity index (χ1n) is 10.7. The maximum atomic E-state index is 13.5. The van der Waals surface area contributed by atoms with Gasteiger partial charge in [-0.15, -0.1) is 0 Å². The minimum atomic E-state index is -0.460. The Bertz CT molecular complexity index is 969. The molecule has 3 aliphatic rings. The third-order valence-corrected chi connectivity index (χ3v) is 7.71. The number of hydrogen-bond donors (Lipinski definition) is 1. The predicted molar refractivity (Wildman–Crippen MR) is 110 cm³/mol. The molecule has 29 heavy (non-hydrogen) atoms. The molecule has 2 amide bonds. The molecule has 0 radical (unpaired) electrons. The van der Waals surface area contributed by atoms with E-state index in [0.717, 1.165) is 31.2 Å². The van der Waals surface area contributed by atoms with Crippen molar-refractivity contribution in [2.75, 3.05) is 0 Å².